The van der Waals surface area contributed by atoms with Crippen LogP contribution in [-0.2, 0) is 21.1 Å². The van der Waals surface area contributed by atoms with E-state index in [0.29, 0.717) is 17.0 Å². The van der Waals surface area contributed by atoms with Crippen LogP contribution in [0, 0.1) is 0 Å². The van der Waals surface area contributed by atoms with E-state index in [1.54, 1.807) is 31.8 Å². The Bertz CT molecular complexity index is 1070. The molecule has 124 valence electrons. The third-order valence-corrected chi connectivity index (χ3v) is 4.06. The number of aryl methyl sites for hydroxylation is 2. The highest BCUT2D eigenvalue weighted by molar-refractivity contribution is 5.77. The molecule has 0 fully saturated rings. The van der Waals surface area contributed by atoms with Crippen molar-refractivity contribution in [2.75, 3.05) is 7.11 Å². The van der Waals surface area contributed by atoms with Gasteiger partial charge in [0.2, 0.25) is 0 Å². The van der Waals surface area contributed by atoms with E-state index in [2.05, 4.69) is 4.98 Å². The second kappa shape index (κ2) is 5.84. The molecule has 3 aromatic rings. The average molecular weight is 326 g/mol. The molecule has 0 aliphatic rings. The predicted molar refractivity (Wildman–Crippen MR) is 93.1 cm³/mol. The number of hydrogen-bond acceptors (Lipinski definition) is 4. The number of aromatic nitrogens is 4. The minimum absolute atomic E-state index is 0.361. The molecule has 1 aromatic carbocycles. The summed E-state index contributed by atoms with van der Waals surface area (Å²) in [5.74, 6) is 1.32. The van der Waals surface area contributed by atoms with Crippen molar-refractivity contribution in [3.63, 3.8) is 0 Å². The van der Waals surface area contributed by atoms with Crippen LogP contribution in [-0.4, -0.2) is 25.8 Å². The smallest absolute Gasteiger partial charge is 0.332 e. The van der Waals surface area contributed by atoms with Gasteiger partial charge < -0.3 is 9.30 Å². The highest BCUT2D eigenvalue weighted by atomic mass is 16.5. The monoisotopic (exact) mass is 326 g/mol. The summed E-state index contributed by atoms with van der Waals surface area (Å²) in [6.45, 7) is 0. The summed E-state index contributed by atoms with van der Waals surface area (Å²) in [4.78, 5) is 28.8. The van der Waals surface area contributed by atoms with E-state index >= 15 is 0 Å². The van der Waals surface area contributed by atoms with Crippen molar-refractivity contribution in [1.29, 1.82) is 0 Å². The second-order valence-electron chi connectivity index (χ2n) is 5.48. The van der Waals surface area contributed by atoms with E-state index < -0.39 is 5.69 Å². The number of fused-ring (bicyclic) bond motifs is 1. The molecule has 0 aliphatic carbocycles. The first-order chi connectivity index (χ1) is 11.5. The third-order valence-electron chi connectivity index (χ3n) is 4.06. The SMILES string of the molecule is COc1ccccc1/C=C/c1nc2c(c(=O)n(C)c(=O)n2C)n1C. The first kappa shape index (κ1) is 15.8. The molecule has 2 heterocycles. The van der Waals surface area contributed by atoms with Gasteiger partial charge in [0.25, 0.3) is 5.56 Å². The van der Waals surface area contributed by atoms with E-state index in [4.69, 9.17) is 4.74 Å². The Balaban J connectivity index is 2.18. The molecule has 0 amide bonds. The van der Waals surface area contributed by atoms with Crippen LogP contribution in [0.5, 0.6) is 5.75 Å². The lowest BCUT2D eigenvalue weighted by Crippen LogP contribution is -2.37. The first-order valence-corrected chi connectivity index (χ1v) is 7.39. The van der Waals surface area contributed by atoms with Crippen LogP contribution in [0.3, 0.4) is 0 Å². The summed E-state index contributed by atoms with van der Waals surface area (Å²) in [7, 11) is 6.43. The molecule has 0 aliphatic heterocycles. The molecule has 0 unspecified atom stereocenters. The number of methoxy groups -OCH3 is 1. The lowest BCUT2D eigenvalue weighted by atomic mass is 10.2. The molecule has 0 saturated heterocycles. The lowest BCUT2D eigenvalue weighted by molar-refractivity contribution is 0.414. The van der Waals surface area contributed by atoms with Crippen LogP contribution in [0.15, 0.2) is 33.9 Å². The standard InChI is InChI=1S/C17H18N4O3/c1-19-13(10-9-11-7-5-6-8-12(11)24-4)18-15-14(19)16(22)21(3)17(23)20(15)2/h5-10H,1-4H3/b10-9+. The maximum absolute atomic E-state index is 12.4. The topological polar surface area (TPSA) is 71.1 Å². The van der Waals surface area contributed by atoms with Gasteiger partial charge >= 0.3 is 5.69 Å². The van der Waals surface area contributed by atoms with E-state index in [1.165, 1.54) is 11.6 Å². The van der Waals surface area contributed by atoms with Gasteiger partial charge in [0.05, 0.1) is 7.11 Å². The summed E-state index contributed by atoms with van der Waals surface area (Å²) in [6.07, 6.45) is 3.66. The number of benzene rings is 1. The van der Waals surface area contributed by atoms with Crippen molar-refractivity contribution >= 4 is 23.3 Å². The predicted octanol–water partition coefficient (Wildman–Crippen LogP) is 1.15. The fourth-order valence-corrected chi connectivity index (χ4v) is 2.65. The Morgan fingerprint density at radius 1 is 1.00 bits per heavy atom. The van der Waals surface area contributed by atoms with Crippen LogP contribution >= 0.6 is 0 Å². The van der Waals surface area contributed by atoms with E-state index in [-0.39, 0.29) is 5.56 Å². The van der Waals surface area contributed by atoms with Crippen molar-refractivity contribution in [1.82, 2.24) is 18.7 Å². The molecule has 0 N–H and O–H groups in total. The summed E-state index contributed by atoms with van der Waals surface area (Å²) in [5.41, 5.74) is 0.893. The summed E-state index contributed by atoms with van der Waals surface area (Å²) >= 11 is 0. The van der Waals surface area contributed by atoms with Crippen LogP contribution < -0.4 is 16.0 Å². The van der Waals surface area contributed by atoms with Gasteiger partial charge in [-0.15, -0.1) is 0 Å². The summed E-state index contributed by atoms with van der Waals surface area (Å²) in [5, 5.41) is 0. The molecule has 0 atom stereocenters. The van der Waals surface area contributed by atoms with Gasteiger partial charge in [-0.05, 0) is 18.2 Å². The minimum atomic E-state index is -0.397. The normalized spacial score (nSPS) is 11.5. The Morgan fingerprint density at radius 3 is 2.42 bits per heavy atom. The molecule has 24 heavy (non-hydrogen) atoms. The molecular weight excluding hydrogens is 308 g/mol. The fraction of sp³-hybridized carbons (Fsp3) is 0.235. The number of hydrogen-bond donors (Lipinski definition) is 0. The van der Waals surface area contributed by atoms with Gasteiger partial charge in [0.1, 0.15) is 11.6 Å². The average Bonchev–Trinajstić information content (AvgIpc) is 2.93. The first-order valence-electron chi connectivity index (χ1n) is 7.39. The molecule has 7 nitrogen and oxygen atoms in total. The Kier molecular flexibility index (Phi) is 3.84. The Labute approximate surface area is 138 Å². The minimum Gasteiger partial charge on any atom is -0.496 e. The van der Waals surface area contributed by atoms with Gasteiger partial charge in [0.15, 0.2) is 11.2 Å². The molecule has 2 aromatic heterocycles. The zero-order chi connectivity index (χ0) is 17.4. The number of rotatable bonds is 3. The molecule has 7 heteroatoms. The van der Waals surface area contributed by atoms with Gasteiger partial charge in [-0.1, -0.05) is 18.2 Å². The number of nitrogens with zero attached hydrogens (tertiary/aromatic N) is 4. The highest BCUT2D eigenvalue weighted by Crippen LogP contribution is 2.20. The van der Waals surface area contributed by atoms with Gasteiger partial charge in [-0.25, -0.2) is 9.78 Å². The Hall–Kier alpha value is -3.09. The second-order valence-corrected chi connectivity index (χ2v) is 5.48. The largest absolute Gasteiger partial charge is 0.496 e. The van der Waals surface area contributed by atoms with Crippen molar-refractivity contribution in [3.05, 3.63) is 56.5 Å². The summed E-state index contributed by atoms with van der Waals surface area (Å²) in [6, 6.07) is 7.60. The molecule has 3 rings (SSSR count). The third kappa shape index (κ3) is 2.34. The van der Waals surface area contributed by atoms with Gasteiger partial charge in [-0.3, -0.25) is 13.9 Å². The number of ether oxygens (including phenoxy) is 1. The van der Waals surface area contributed by atoms with E-state index in [1.807, 2.05) is 30.3 Å². The quantitative estimate of drug-likeness (QED) is 0.724. The van der Waals surface area contributed by atoms with Crippen LogP contribution in [0.2, 0.25) is 0 Å². The Morgan fingerprint density at radius 2 is 1.71 bits per heavy atom. The summed E-state index contributed by atoms with van der Waals surface area (Å²) < 4.78 is 9.45. The maximum Gasteiger partial charge on any atom is 0.332 e. The maximum atomic E-state index is 12.4. The molecular formula is C17H18N4O3. The fourth-order valence-electron chi connectivity index (χ4n) is 2.65. The van der Waals surface area contributed by atoms with Crippen LogP contribution in [0.25, 0.3) is 23.3 Å². The van der Waals surface area contributed by atoms with Crippen molar-refractivity contribution in [2.24, 2.45) is 21.1 Å². The van der Waals surface area contributed by atoms with Crippen molar-refractivity contribution in [3.8, 4) is 5.75 Å². The van der Waals surface area contributed by atoms with Crippen LogP contribution in [0.4, 0.5) is 0 Å². The molecule has 0 radical (unpaired) electrons. The lowest BCUT2D eigenvalue weighted by Gasteiger charge is -2.03. The zero-order valence-electron chi connectivity index (χ0n) is 14.0. The van der Waals surface area contributed by atoms with Gasteiger partial charge in [0, 0.05) is 26.7 Å². The number of imidazole rings is 1. The van der Waals surface area contributed by atoms with Gasteiger partial charge in [-0.2, -0.15) is 0 Å². The van der Waals surface area contributed by atoms with Crippen molar-refractivity contribution < 1.29 is 4.74 Å². The number of para-hydroxylation sites is 1. The molecule has 0 spiro atoms. The van der Waals surface area contributed by atoms with E-state index in [9.17, 15) is 9.59 Å². The zero-order valence-corrected chi connectivity index (χ0v) is 14.0. The molecule has 0 saturated carbocycles. The van der Waals surface area contributed by atoms with E-state index in [0.717, 1.165) is 15.9 Å². The van der Waals surface area contributed by atoms with Crippen molar-refractivity contribution in [2.45, 2.75) is 0 Å². The van der Waals surface area contributed by atoms with Crippen LogP contribution in [0.1, 0.15) is 11.4 Å². The molecule has 0 bridgehead atoms. The highest BCUT2D eigenvalue weighted by Gasteiger charge is 2.15.